The molecule has 1 atom stereocenters. The third-order valence-electron chi connectivity index (χ3n) is 1.92. The van der Waals surface area contributed by atoms with Crippen LogP contribution in [0.15, 0.2) is 17.0 Å². The zero-order valence-corrected chi connectivity index (χ0v) is 12.2. The molecule has 0 saturated carbocycles. The second kappa shape index (κ2) is 6.24. The molecule has 1 radical (unpaired) electrons. The number of nitro benzene ring substituents is 2. The van der Waals surface area contributed by atoms with Crippen molar-refractivity contribution in [1.82, 2.24) is 0 Å². The Morgan fingerprint density at radius 3 is 1.76 bits per heavy atom. The summed E-state index contributed by atoms with van der Waals surface area (Å²) in [5.74, 6) is 0. The van der Waals surface area contributed by atoms with E-state index in [1.165, 1.54) is 6.92 Å². The van der Waals surface area contributed by atoms with Gasteiger partial charge in [0.1, 0.15) is 5.56 Å². The van der Waals surface area contributed by atoms with E-state index in [0.717, 1.165) is 12.1 Å². The monoisotopic (exact) mass is 335 g/mol. The van der Waals surface area contributed by atoms with Gasteiger partial charge in [-0.25, -0.2) is 4.21 Å². The molecule has 1 aromatic carbocycles. The summed E-state index contributed by atoms with van der Waals surface area (Å²) in [5, 5.41) is 21.1. The minimum atomic E-state index is -2.50. The second-order valence-corrected chi connectivity index (χ2v) is 3.82. The third kappa shape index (κ3) is 3.60. The Balaban J connectivity index is 0.00000256. The van der Waals surface area contributed by atoms with E-state index in [0.29, 0.717) is 0 Å². The standard InChI is InChI=1S/C7H6N2O6S.Y/c1-4-6(8(10)11)2-5(16(14)15)3-7(4)9(12)13;/h2-3H,1H3,(H,14,15);. The Morgan fingerprint density at radius 2 is 1.53 bits per heavy atom. The molecule has 1 aromatic rings. The van der Waals surface area contributed by atoms with Crippen LogP contribution in [0.25, 0.3) is 0 Å². The normalized spacial score (nSPS) is 11.4. The first-order valence-electron chi connectivity index (χ1n) is 3.89. The van der Waals surface area contributed by atoms with Gasteiger partial charge in [0.25, 0.3) is 11.4 Å². The van der Waals surface area contributed by atoms with Gasteiger partial charge in [-0.15, -0.1) is 0 Å². The molecule has 1 rings (SSSR count). The van der Waals surface area contributed by atoms with Crippen molar-refractivity contribution >= 4 is 22.5 Å². The fourth-order valence-electron chi connectivity index (χ4n) is 1.14. The maximum atomic E-state index is 10.7. The van der Waals surface area contributed by atoms with Crippen LogP contribution in [0.1, 0.15) is 5.56 Å². The first-order chi connectivity index (χ1) is 7.34. The Hall–Kier alpha value is -0.766. The molecule has 0 aliphatic rings. The van der Waals surface area contributed by atoms with E-state index in [1.807, 2.05) is 0 Å². The van der Waals surface area contributed by atoms with Crippen molar-refractivity contribution in [3.63, 3.8) is 0 Å². The Morgan fingerprint density at radius 1 is 1.18 bits per heavy atom. The summed E-state index contributed by atoms with van der Waals surface area (Å²) in [6.07, 6.45) is 0. The van der Waals surface area contributed by atoms with Gasteiger partial charge < -0.3 is 4.55 Å². The largest absolute Gasteiger partial charge is 0.302 e. The Kier molecular flexibility index (Phi) is 5.96. The zero-order chi connectivity index (χ0) is 12.5. The van der Waals surface area contributed by atoms with Crippen molar-refractivity contribution in [1.29, 1.82) is 0 Å². The molecular formula is C7H6N2O6SY. The van der Waals surface area contributed by atoms with Gasteiger partial charge in [0.15, 0.2) is 11.1 Å². The zero-order valence-electron chi connectivity index (χ0n) is 8.52. The maximum absolute atomic E-state index is 10.7. The number of hydrogen-bond acceptors (Lipinski definition) is 5. The van der Waals surface area contributed by atoms with E-state index in [1.54, 1.807) is 0 Å². The van der Waals surface area contributed by atoms with E-state index in [4.69, 9.17) is 4.55 Å². The first kappa shape index (κ1) is 16.2. The average molecular weight is 335 g/mol. The van der Waals surface area contributed by atoms with Gasteiger partial charge in [-0.3, -0.25) is 20.2 Å². The fraction of sp³-hybridized carbons (Fsp3) is 0.143. The predicted molar refractivity (Wildman–Crippen MR) is 53.5 cm³/mol. The van der Waals surface area contributed by atoms with Gasteiger partial charge in [-0.2, -0.15) is 0 Å². The summed E-state index contributed by atoms with van der Waals surface area (Å²) >= 11 is -2.50. The van der Waals surface area contributed by atoms with Gasteiger partial charge in [0.05, 0.1) is 14.7 Å². The van der Waals surface area contributed by atoms with Crippen molar-refractivity contribution in [3.8, 4) is 0 Å². The molecule has 0 heterocycles. The number of rotatable bonds is 3. The summed E-state index contributed by atoms with van der Waals surface area (Å²) in [6, 6.07) is 1.69. The molecule has 8 nitrogen and oxygen atoms in total. The summed E-state index contributed by atoms with van der Waals surface area (Å²) in [4.78, 5) is 19.1. The Bertz CT molecular complexity index is 470. The van der Waals surface area contributed by atoms with Crippen LogP contribution in [-0.2, 0) is 43.8 Å². The third-order valence-corrected chi connectivity index (χ3v) is 2.56. The molecule has 1 N–H and O–H groups in total. The van der Waals surface area contributed by atoms with Crippen molar-refractivity contribution < 1.29 is 51.3 Å². The predicted octanol–water partition coefficient (Wildman–Crippen LogP) is 1.39. The van der Waals surface area contributed by atoms with Crippen LogP contribution in [0.3, 0.4) is 0 Å². The van der Waals surface area contributed by atoms with Crippen LogP contribution in [0.2, 0.25) is 0 Å². The van der Waals surface area contributed by atoms with Crippen molar-refractivity contribution in [2.24, 2.45) is 0 Å². The summed E-state index contributed by atoms with van der Waals surface area (Å²) in [5.41, 5.74) is -1.25. The van der Waals surface area contributed by atoms with Gasteiger partial charge in [-0.05, 0) is 6.92 Å². The SMILES string of the molecule is Cc1c([N+](=O)[O-])cc(S(=O)O)cc1[N+](=O)[O-].[Y]. The number of hydrogen-bond donors (Lipinski definition) is 1. The smallest absolute Gasteiger partial charge is 0.280 e. The second-order valence-electron chi connectivity index (χ2n) is 2.85. The Labute approximate surface area is 123 Å². The quantitative estimate of drug-likeness (QED) is 0.506. The molecule has 0 aliphatic carbocycles. The molecule has 0 fully saturated rings. The van der Waals surface area contributed by atoms with Gasteiger partial charge in [0, 0.05) is 44.8 Å². The minimum absolute atomic E-state index is 0. The summed E-state index contributed by atoms with van der Waals surface area (Å²) in [6.45, 7) is 1.21. The molecular weight excluding hydrogens is 329 g/mol. The molecule has 10 heteroatoms. The molecule has 0 bridgehead atoms. The van der Waals surface area contributed by atoms with Crippen molar-refractivity contribution in [2.45, 2.75) is 11.8 Å². The molecule has 0 amide bonds. The molecule has 1 unspecified atom stereocenters. The molecule has 0 aromatic heterocycles. The van der Waals surface area contributed by atoms with Gasteiger partial charge in [-0.1, -0.05) is 0 Å². The molecule has 0 saturated heterocycles. The summed E-state index contributed by atoms with van der Waals surface area (Å²) < 4.78 is 19.5. The molecule has 17 heavy (non-hydrogen) atoms. The number of benzene rings is 1. The molecule has 0 spiro atoms. The fourth-order valence-corrected chi connectivity index (χ4v) is 1.56. The van der Waals surface area contributed by atoms with Crippen LogP contribution in [0.4, 0.5) is 11.4 Å². The topological polar surface area (TPSA) is 124 Å². The molecule has 89 valence electrons. The number of nitro groups is 2. The van der Waals surface area contributed by atoms with Gasteiger partial charge >= 0.3 is 0 Å². The van der Waals surface area contributed by atoms with Crippen molar-refractivity contribution in [3.05, 3.63) is 37.9 Å². The van der Waals surface area contributed by atoms with E-state index in [-0.39, 0.29) is 43.2 Å². The molecule has 0 aliphatic heterocycles. The van der Waals surface area contributed by atoms with Crippen molar-refractivity contribution in [2.75, 3.05) is 0 Å². The minimum Gasteiger partial charge on any atom is -0.302 e. The van der Waals surface area contributed by atoms with E-state index >= 15 is 0 Å². The van der Waals surface area contributed by atoms with E-state index in [2.05, 4.69) is 0 Å². The van der Waals surface area contributed by atoms with Gasteiger partial charge in [0.2, 0.25) is 0 Å². The summed E-state index contributed by atoms with van der Waals surface area (Å²) in [7, 11) is 0. The number of nitrogens with zero attached hydrogens (tertiary/aromatic N) is 2. The maximum Gasteiger partial charge on any atom is 0.280 e. The van der Waals surface area contributed by atoms with Crippen LogP contribution in [-0.4, -0.2) is 18.6 Å². The van der Waals surface area contributed by atoms with E-state index in [9.17, 15) is 24.4 Å². The van der Waals surface area contributed by atoms with E-state index < -0.39 is 32.3 Å². The van der Waals surface area contributed by atoms with Crippen LogP contribution >= 0.6 is 0 Å². The van der Waals surface area contributed by atoms with Crippen LogP contribution in [0, 0.1) is 27.2 Å². The average Bonchev–Trinajstić information content (AvgIpc) is 2.16. The van der Waals surface area contributed by atoms with Crippen LogP contribution in [0.5, 0.6) is 0 Å². The van der Waals surface area contributed by atoms with Crippen LogP contribution < -0.4 is 0 Å². The first-order valence-corrected chi connectivity index (χ1v) is 4.99.